The number of carbonyl (C=O) groups is 2. The smallest absolute Gasteiger partial charge is 0.253 e. The van der Waals surface area contributed by atoms with E-state index < -0.39 is 0 Å². The van der Waals surface area contributed by atoms with E-state index in [-0.39, 0.29) is 17.7 Å². The molecule has 2 rings (SSSR count). The summed E-state index contributed by atoms with van der Waals surface area (Å²) in [6.45, 7) is 3.66. The molecule has 1 atom stereocenters. The third kappa shape index (κ3) is 3.01. The summed E-state index contributed by atoms with van der Waals surface area (Å²) in [6.07, 6.45) is 1.48. The Morgan fingerprint density at radius 2 is 1.89 bits per heavy atom. The fraction of sp³-hybridized carbons (Fsp3) is 0.467. The number of likely N-dealkylation sites (N-methyl/N-ethyl adjacent to an activating group) is 1. The fourth-order valence-corrected chi connectivity index (χ4v) is 2.34. The maximum absolute atomic E-state index is 12.3. The predicted molar refractivity (Wildman–Crippen MR) is 74.4 cm³/mol. The van der Waals surface area contributed by atoms with Gasteiger partial charge in [-0.3, -0.25) is 9.59 Å². The van der Waals surface area contributed by atoms with E-state index in [0.29, 0.717) is 17.5 Å². The zero-order chi connectivity index (χ0) is 13.8. The van der Waals surface area contributed by atoms with Crippen molar-refractivity contribution in [1.82, 2.24) is 10.2 Å². The molecule has 0 radical (unpaired) electrons. The van der Waals surface area contributed by atoms with Crippen molar-refractivity contribution in [2.45, 2.75) is 25.8 Å². The topological polar surface area (TPSA) is 49.4 Å². The number of hydrogen-bond donors (Lipinski definition) is 1. The first-order valence-electron chi connectivity index (χ1n) is 6.74. The first-order chi connectivity index (χ1) is 9.13. The molecular formula is C15H20N2O2. The molecule has 0 spiro atoms. The second-order valence-corrected chi connectivity index (χ2v) is 4.92. The van der Waals surface area contributed by atoms with Crippen LogP contribution < -0.4 is 5.32 Å². The summed E-state index contributed by atoms with van der Waals surface area (Å²) in [5.41, 5.74) is 1.31. The minimum atomic E-state index is 0.0178. The molecule has 1 N–H and O–H groups in total. The molecule has 1 aromatic rings. The monoisotopic (exact) mass is 260 g/mol. The van der Waals surface area contributed by atoms with Crippen molar-refractivity contribution >= 4 is 11.7 Å². The van der Waals surface area contributed by atoms with E-state index >= 15 is 0 Å². The summed E-state index contributed by atoms with van der Waals surface area (Å²) >= 11 is 0. The van der Waals surface area contributed by atoms with Crippen LogP contribution in [0.25, 0.3) is 0 Å². The van der Waals surface area contributed by atoms with Gasteiger partial charge in [-0.1, -0.05) is 19.1 Å². The van der Waals surface area contributed by atoms with Gasteiger partial charge in [-0.15, -0.1) is 0 Å². The van der Waals surface area contributed by atoms with Gasteiger partial charge in [0.15, 0.2) is 5.78 Å². The number of nitrogens with zero attached hydrogens (tertiary/aromatic N) is 1. The largest absolute Gasteiger partial charge is 0.337 e. The highest BCUT2D eigenvalue weighted by atomic mass is 16.2. The van der Waals surface area contributed by atoms with Crippen LogP contribution in [0, 0.1) is 0 Å². The number of Topliss-reactive ketones (excluding diaryl/α,β-unsaturated/α-hetero) is 1. The summed E-state index contributed by atoms with van der Waals surface area (Å²) in [6, 6.07) is 7.22. The van der Waals surface area contributed by atoms with Crippen molar-refractivity contribution < 1.29 is 9.59 Å². The van der Waals surface area contributed by atoms with Crippen LogP contribution in [0.1, 0.15) is 40.5 Å². The van der Waals surface area contributed by atoms with Crippen molar-refractivity contribution in [2.75, 3.05) is 20.1 Å². The highest BCUT2D eigenvalue weighted by Gasteiger charge is 2.23. The summed E-state index contributed by atoms with van der Waals surface area (Å²) in [5.74, 6) is 0.122. The maximum Gasteiger partial charge on any atom is 0.253 e. The van der Waals surface area contributed by atoms with Crippen molar-refractivity contribution in [3.05, 3.63) is 35.4 Å². The van der Waals surface area contributed by atoms with Crippen LogP contribution in [0.15, 0.2) is 24.3 Å². The summed E-state index contributed by atoms with van der Waals surface area (Å²) in [7, 11) is 1.84. The number of amides is 1. The van der Waals surface area contributed by atoms with Gasteiger partial charge < -0.3 is 10.2 Å². The average Bonchev–Trinajstić information content (AvgIpc) is 2.99. The van der Waals surface area contributed by atoms with Crippen LogP contribution in [0.3, 0.4) is 0 Å². The maximum atomic E-state index is 12.3. The Hall–Kier alpha value is -1.68. The SMILES string of the molecule is CCC(=O)c1ccc(C(=O)N(C)C2CCNC2)cc1. The molecule has 0 aliphatic carbocycles. The molecule has 102 valence electrons. The first-order valence-corrected chi connectivity index (χ1v) is 6.74. The highest BCUT2D eigenvalue weighted by Crippen LogP contribution is 2.13. The standard InChI is InChI=1S/C15H20N2O2/c1-3-14(18)11-4-6-12(7-5-11)15(19)17(2)13-8-9-16-10-13/h4-7,13,16H,3,8-10H2,1-2H3. The van der Waals surface area contributed by atoms with Gasteiger partial charge in [0.2, 0.25) is 0 Å². The lowest BCUT2D eigenvalue weighted by atomic mass is 10.1. The number of rotatable bonds is 4. The molecule has 1 saturated heterocycles. The molecule has 0 saturated carbocycles. The number of nitrogens with one attached hydrogen (secondary N) is 1. The predicted octanol–water partition coefficient (Wildman–Crippen LogP) is 1.71. The van der Waals surface area contributed by atoms with E-state index in [1.807, 2.05) is 14.0 Å². The molecule has 4 nitrogen and oxygen atoms in total. The van der Waals surface area contributed by atoms with Crippen LogP contribution in [0.5, 0.6) is 0 Å². The molecular weight excluding hydrogens is 240 g/mol. The summed E-state index contributed by atoms with van der Waals surface area (Å²) in [5, 5.41) is 3.25. The molecule has 1 heterocycles. The summed E-state index contributed by atoms with van der Waals surface area (Å²) in [4.78, 5) is 25.6. The molecule has 1 fully saturated rings. The van der Waals surface area contributed by atoms with Crippen molar-refractivity contribution in [1.29, 1.82) is 0 Å². The van der Waals surface area contributed by atoms with Gasteiger partial charge >= 0.3 is 0 Å². The van der Waals surface area contributed by atoms with E-state index in [1.54, 1.807) is 29.2 Å². The molecule has 0 bridgehead atoms. The number of carbonyl (C=O) groups excluding carboxylic acids is 2. The molecule has 4 heteroatoms. The van der Waals surface area contributed by atoms with Gasteiger partial charge in [0.1, 0.15) is 0 Å². The van der Waals surface area contributed by atoms with E-state index in [9.17, 15) is 9.59 Å². The third-order valence-corrected chi connectivity index (χ3v) is 3.68. The van der Waals surface area contributed by atoms with Gasteiger partial charge in [0.25, 0.3) is 5.91 Å². The van der Waals surface area contributed by atoms with E-state index in [2.05, 4.69) is 5.32 Å². The zero-order valence-corrected chi connectivity index (χ0v) is 11.5. The minimum absolute atomic E-state index is 0.0178. The molecule has 1 unspecified atom stereocenters. The van der Waals surface area contributed by atoms with Crippen molar-refractivity contribution in [3.8, 4) is 0 Å². The second kappa shape index (κ2) is 5.97. The Balaban J connectivity index is 2.08. The third-order valence-electron chi connectivity index (χ3n) is 3.68. The lowest BCUT2D eigenvalue weighted by Crippen LogP contribution is -2.38. The van der Waals surface area contributed by atoms with E-state index in [1.165, 1.54) is 0 Å². The van der Waals surface area contributed by atoms with E-state index in [0.717, 1.165) is 19.5 Å². The van der Waals surface area contributed by atoms with E-state index in [4.69, 9.17) is 0 Å². The van der Waals surface area contributed by atoms with Gasteiger partial charge in [0.05, 0.1) is 0 Å². The Morgan fingerprint density at radius 1 is 1.26 bits per heavy atom. The van der Waals surface area contributed by atoms with Crippen molar-refractivity contribution in [3.63, 3.8) is 0 Å². The minimum Gasteiger partial charge on any atom is -0.337 e. The Bertz CT molecular complexity index is 462. The van der Waals surface area contributed by atoms with Crippen LogP contribution in [-0.2, 0) is 0 Å². The highest BCUT2D eigenvalue weighted by molar-refractivity contribution is 5.98. The van der Waals surface area contributed by atoms with Crippen LogP contribution >= 0.6 is 0 Å². The quantitative estimate of drug-likeness (QED) is 0.838. The average molecular weight is 260 g/mol. The Labute approximate surface area is 113 Å². The Kier molecular flexibility index (Phi) is 4.32. The van der Waals surface area contributed by atoms with Crippen LogP contribution in [0.2, 0.25) is 0 Å². The van der Waals surface area contributed by atoms with Gasteiger partial charge in [-0.2, -0.15) is 0 Å². The fourth-order valence-electron chi connectivity index (χ4n) is 2.34. The first kappa shape index (κ1) is 13.7. The van der Waals surface area contributed by atoms with Crippen molar-refractivity contribution in [2.24, 2.45) is 0 Å². The molecule has 19 heavy (non-hydrogen) atoms. The number of ketones is 1. The summed E-state index contributed by atoms with van der Waals surface area (Å²) < 4.78 is 0. The lowest BCUT2D eigenvalue weighted by Gasteiger charge is -2.23. The lowest BCUT2D eigenvalue weighted by molar-refractivity contribution is 0.0743. The molecule has 1 amide bonds. The number of benzene rings is 1. The van der Waals surface area contributed by atoms with Crippen LogP contribution in [-0.4, -0.2) is 42.8 Å². The molecule has 1 aromatic carbocycles. The zero-order valence-electron chi connectivity index (χ0n) is 11.5. The normalized spacial score (nSPS) is 18.3. The Morgan fingerprint density at radius 3 is 2.42 bits per heavy atom. The van der Waals surface area contributed by atoms with Gasteiger partial charge in [-0.05, 0) is 25.1 Å². The van der Waals surface area contributed by atoms with Crippen LogP contribution in [0.4, 0.5) is 0 Å². The van der Waals surface area contributed by atoms with Gasteiger partial charge in [-0.25, -0.2) is 0 Å². The number of hydrogen-bond acceptors (Lipinski definition) is 3. The second-order valence-electron chi connectivity index (χ2n) is 4.92. The molecule has 0 aromatic heterocycles. The molecule has 1 aliphatic rings. The van der Waals surface area contributed by atoms with Gasteiger partial charge in [0, 0.05) is 37.2 Å². The molecule has 1 aliphatic heterocycles.